The van der Waals surface area contributed by atoms with E-state index in [0.29, 0.717) is 11.1 Å². The normalized spacial score (nSPS) is 28.7. The summed E-state index contributed by atoms with van der Waals surface area (Å²) in [5.74, 6) is -0.451. The van der Waals surface area contributed by atoms with Crippen molar-refractivity contribution in [1.82, 2.24) is 0 Å². The summed E-state index contributed by atoms with van der Waals surface area (Å²) >= 11 is 0. The van der Waals surface area contributed by atoms with Crippen LogP contribution in [0.15, 0.2) is 35.5 Å². The zero-order chi connectivity index (χ0) is 18.7. The Hall–Kier alpha value is -1.68. The molecule has 3 unspecified atom stereocenters. The van der Waals surface area contributed by atoms with Crippen molar-refractivity contribution in [3.8, 4) is 0 Å². The smallest absolute Gasteiger partial charge is 0.330 e. The van der Waals surface area contributed by atoms with Crippen LogP contribution in [0.3, 0.4) is 0 Å². The van der Waals surface area contributed by atoms with Gasteiger partial charge in [-0.25, -0.2) is 4.79 Å². The van der Waals surface area contributed by atoms with Gasteiger partial charge >= 0.3 is 5.97 Å². The van der Waals surface area contributed by atoms with Crippen LogP contribution in [0.4, 0.5) is 0 Å². The third-order valence-corrected chi connectivity index (χ3v) is 5.37. The van der Waals surface area contributed by atoms with Crippen molar-refractivity contribution in [2.45, 2.75) is 53.6 Å². The van der Waals surface area contributed by atoms with Crippen molar-refractivity contribution in [3.05, 3.63) is 35.5 Å². The highest BCUT2D eigenvalue weighted by atomic mass is 16.5. The van der Waals surface area contributed by atoms with Gasteiger partial charge in [-0.3, -0.25) is 4.79 Å². The average molecular weight is 334 g/mol. The molecule has 3 atom stereocenters. The number of hydrogen-bond acceptors (Lipinski definition) is 4. The first-order chi connectivity index (χ1) is 11.0. The van der Waals surface area contributed by atoms with E-state index in [9.17, 15) is 14.7 Å². The van der Waals surface area contributed by atoms with E-state index in [1.807, 2.05) is 20.8 Å². The summed E-state index contributed by atoms with van der Waals surface area (Å²) in [7, 11) is 1.32. The van der Waals surface area contributed by atoms with Crippen LogP contribution in [-0.4, -0.2) is 29.6 Å². The molecule has 0 spiro atoms. The van der Waals surface area contributed by atoms with E-state index < -0.39 is 17.0 Å². The number of allylic oxidation sites excluding steroid dienone is 3. The van der Waals surface area contributed by atoms with Gasteiger partial charge in [0.25, 0.3) is 0 Å². The Bertz CT molecular complexity index is 595. The Kier molecular flexibility index (Phi) is 6.34. The Morgan fingerprint density at radius 2 is 2.04 bits per heavy atom. The maximum absolute atomic E-state index is 12.5. The fraction of sp³-hybridized carbons (Fsp3) is 0.600. The zero-order valence-corrected chi connectivity index (χ0v) is 15.8. The molecule has 0 saturated carbocycles. The number of carbonyl (C=O) groups excluding carboxylic acids is 2. The molecule has 1 rings (SSSR count). The summed E-state index contributed by atoms with van der Waals surface area (Å²) in [6.45, 7) is 11.5. The third-order valence-electron chi connectivity index (χ3n) is 5.37. The SMILES string of the molecule is CCC(C)C1C(=O)C=C(C)C(O)(/C=C/C(C)=C\C(=O)OC)C1(C)C. The van der Waals surface area contributed by atoms with Gasteiger partial charge in [-0.05, 0) is 43.1 Å². The van der Waals surface area contributed by atoms with Crippen LogP contribution in [0.25, 0.3) is 0 Å². The van der Waals surface area contributed by atoms with Crippen LogP contribution >= 0.6 is 0 Å². The van der Waals surface area contributed by atoms with Gasteiger partial charge in [-0.15, -0.1) is 0 Å². The van der Waals surface area contributed by atoms with Crippen LogP contribution in [0.2, 0.25) is 0 Å². The van der Waals surface area contributed by atoms with Crippen molar-refractivity contribution in [2.24, 2.45) is 17.3 Å². The summed E-state index contributed by atoms with van der Waals surface area (Å²) in [6.07, 6.45) is 7.19. The van der Waals surface area contributed by atoms with Crippen molar-refractivity contribution in [3.63, 3.8) is 0 Å². The molecule has 1 aliphatic rings. The zero-order valence-electron chi connectivity index (χ0n) is 15.8. The molecule has 4 heteroatoms. The second-order valence-corrected chi connectivity index (χ2v) is 7.33. The first-order valence-corrected chi connectivity index (χ1v) is 8.41. The van der Waals surface area contributed by atoms with Crippen LogP contribution in [0.5, 0.6) is 0 Å². The molecule has 0 aliphatic heterocycles. The Morgan fingerprint density at radius 1 is 1.46 bits per heavy atom. The van der Waals surface area contributed by atoms with Gasteiger partial charge in [-0.2, -0.15) is 0 Å². The molecular formula is C20H30O4. The lowest BCUT2D eigenvalue weighted by atomic mass is 9.55. The average Bonchev–Trinajstić information content (AvgIpc) is 2.50. The summed E-state index contributed by atoms with van der Waals surface area (Å²) in [4.78, 5) is 23.9. The number of aliphatic hydroxyl groups is 1. The highest BCUT2D eigenvalue weighted by molar-refractivity contribution is 5.95. The van der Waals surface area contributed by atoms with Crippen LogP contribution in [0, 0.1) is 17.3 Å². The van der Waals surface area contributed by atoms with Gasteiger partial charge in [0, 0.05) is 17.4 Å². The van der Waals surface area contributed by atoms with Crippen molar-refractivity contribution in [2.75, 3.05) is 7.11 Å². The molecule has 0 bridgehead atoms. The minimum absolute atomic E-state index is 0.0757. The number of hydrogen-bond donors (Lipinski definition) is 1. The van der Waals surface area contributed by atoms with E-state index in [1.54, 1.807) is 32.1 Å². The Balaban J connectivity index is 3.32. The number of rotatable bonds is 5. The van der Waals surface area contributed by atoms with Crippen molar-refractivity contribution in [1.29, 1.82) is 0 Å². The van der Waals surface area contributed by atoms with Crippen molar-refractivity contribution < 1.29 is 19.4 Å². The van der Waals surface area contributed by atoms with Gasteiger partial charge in [0.15, 0.2) is 5.78 Å². The number of ether oxygens (including phenoxy) is 1. The summed E-state index contributed by atoms with van der Waals surface area (Å²) in [5.41, 5.74) is -0.601. The van der Waals surface area contributed by atoms with E-state index in [0.717, 1.165) is 6.42 Å². The quantitative estimate of drug-likeness (QED) is 0.474. The van der Waals surface area contributed by atoms with E-state index in [4.69, 9.17) is 0 Å². The molecule has 0 aromatic carbocycles. The van der Waals surface area contributed by atoms with E-state index in [2.05, 4.69) is 11.7 Å². The third kappa shape index (κ3) is 3.69. The van der Waals surface area contributed by atoms with Gasteiger partial charge in [0.2, 0.25) is 0 Å². The molecule has 0 aromatic rings. The van der Waals surface area contributed by atoms with E-state index in [1.165, 1.54) is 13.2 Å². The molecule has 0 heterocycles. The lowest BCUT2D eigenvalue weighted by Gasteiger charge is -2.50. The standard InChI is InChI=1S/C20H30O4/c1-8-14(3)18-16(21)12-15(4)20(23,19(18,5)6)10-9-13(2)11-17(22)24-7/h9-12,14,18,23H,8H2,1-7H3/b10-9+,13-11-. The largest absolute Gasteiger partial charge is 0.466 e. The fourth-order valence-corrected chi connectivity index (χ4v) is 3.63. The monoisotopic (exact) mass is 334 g/mol. The minimum atomic E-state index is -1.25. The molecule has 0 aromatic heterocycles. The van der Waals surface area contributed by atoms with E-state index in [-0.39, 0.29) is 17.6 Å². The van der Waals surface area contributed by atoms with Gasteiger partial charge in [-0.1, -0.05) is 40.2 Å². The maximum Gasteiger partial charge on any atom is 0.330 e. The molecule has 4 nitrogen and oxygen atoms in total. The molecule has 134 valence electrons. The molecule has 1 aliphatic carbocycles. The number of ketones is 1. The van der Waals surface area contributed by atoms with Gasteiger partial charge in [0.05, 0.1) is 7.11 Å². The molecule has 0 radical (unpaired) electrons. The molecular weight excluding hydrogens is 304 g/mol. The van der Waals surface area contributed by atoms with Crippen molar-refractivity contribution >= 4 is 11.8 Å². The molecule has 0 fully saturated rings. The number of esters is 1. The molecule has 1 N–H and O–H groups in total. The van der Waals surface area contributed by atoms with Gasteiger partial charge < -0.3 is 9.84 Å². The predicted octanol–water partition coefficient (Wildman–Crippen LogP) is 3.61. The second kappa shape index (κ2) is 7.47. The lowest BCUT2D eigenvalue weighted by Crippen LogP contribution is -2.55. The topological polar surface area (TPSA) is 63.6 Å². The fourth-order valence-electron chi connectivity index (χ4n) is 3.63. The first-order valence-electron chi connectivity index (χ1n) is 8.41. The van der Waals surface area contributed by atoms with Crippen LogP contribution < -0.4 is 0 Å². The number of carbonyl (C=O) groups is 2. The summed E-state index contributed by atoms with van der Waals surface area (Å²) in [6, 6.07) is 0. The predicted molar refractivity (Wildman–Crippen MR) is 95.4 cm³/mol. The lowest BCUT2D eigenvalue weighted by molar-refractivity contribution is -0.135. The highest BCUT2D eigenvalue weighted by Gasteiger charge is 2.54. The summed E-state index contributed by atoms with van der Waals surface area (Å²) in [5, 5.41) is 11.4. The number of methoxy groups -OCH3 is 1. The first kappa shape index (κ1) is 20.4. The van der Waals surface area contributed by atoms with Crippen LogP contribution in [0.1, 0.15) is 48.0 Å². The molecule has 0 saturated heterocycles. The maximum atomic E-state index is 12.5. The van der Waals surface area contributed by atoms with Crippen LogP contribution in [-0.2, 0) is 14.3 Å². The molecule has 24 heavy (non-hydrogen) atoms. The second-order valence-electron chi connectivity index (χ2n) is 7.33. The Morgan fingerprint density at radius 3 is 2.54 bits per heavy atom. The highest BCUT2D eigenvalue weighted by Crippen LogP contribution is 2.50. The minimum Gasteiger partial charge on any atom is -0.466 e. The van der Waals surface area contributed by atoms with E-state index >= 15 is 0 Å². The molecule has 0 amide bonds. The summed E-state index contributed by atoms with van der Waals surface area (Å²) < 4.78 is 4.61. The Labute approximate surface area is 145 Å². The van der Waals surface area contributed by atoms with Gasteiger partial charge in [0.1, 0.15) is 5.60 Å².